The number of halogens is 1. The number of hydrogen-bond donors (Lipinski definition) is 2. The monoisotopic (exact) mass is 361 g/mol. The van der Waals surface area contributed by atoms with Crippen LogP contribution in [0, 0.1) is 0 Å². The molecule has 0 aromatic heterocycles. The minimum atomic E-state index is -0.239. The fraction of sp³-hybridized carbons (Fsp3) is 0.125. The van der Waals surface area contributed by atoms with Gasteiger partial charge in [0.05, 0.1) is 25.6 Å². The fourth-order valence-electron chi connectivity index (χ4n) is 1.77. The number of ether oxygens (including phenoxy) is 1. The van der Waals surface area contributed by atoms with E-state index in [1.54, 1.807) is 13.3 Å². The minimum Gasteiger partial charge on any atom is -0.495 e. The van der Waals surface area contributed by atoms with Gasteiger partial charge in [-0.1, -0.05) is 40.2 Å². The normalized spacial score (nSPS) is 10.5. The Bertz CT molecular complexity index is 674. The number of hydrogen-bond acceptors (Lipinski definition) is 4. The van der Waals surface area contributed by atoms with Crippen molar-refractivity contribution in [2.75, 3.05) is 19.0 Å². The standard InChI is InChI=1S/C16H16BrN3O2/c1-22-15-8-3-2-7-14(15)18-11-16(21)20-19-10-12-5-4-6-13(17)9-12/h2-10,18H,11H2,1H3,(H,20,21)/b19-10-. The Morgan fingerprint density at radius 3 is 2.86 bits per heavy atom. The van der Waals surface area contributed by atoms with Crippen molar-refractivity contribution in [2.24, 2.45) is 5.10 Å². The second kappa shape index (κ2) is 8.19. The maximum absolute atomic E-state index is 11.7. The van der Waals surface area contributed by atoms with Crippen LogP contribution in [0.1, 0.15) is 5.56 Å². The number of carbonyl (C=O) groups is 1. The van der Waals surface area contributed by atoms with Gasteiger partial charge in [0.2, 0.25) is 0 Å². The molecule has 0 saturated heterocycles. The minimum absolute atomic E-state index is 0.107. The number of nitrogens with zero attached hydrogens (tertiary/aromatic N) is 1. The zero-order valence-corrected chi connectivity index (χ0v) is 13.6. The van der Waals surface area contributed by atoms with Gasteiger partial charge in [-0.05, 0) is 29.8 Å². The molecule has 0 aliphatic carbocycles. The third-order valence-corrected chi connectivity index (χ3v) is 3.29. The number of rotatable bonds is 6. The van der Waals surface area contributed by atoms with Gasteiger partial charge in [-0.15, -0.1) is 0 Å². The van der Waals surface area contributed by atoms with Crippen LogP contribution in [0.2, 0.25) is 0 Å². The first-order chi connectivity index (χ1) is 10.7. The maximum atomic E-state index is 11.7. The largest absolute Gasteiger partial charge is 0.495 e. The lowest BCUT2D eigenvalue weighted by atomic mass is 10.2. The number of amides is 1. The molecule has 2 N–H and O–H groups in total. The molecule has 2 rings (SSSR count). The molecule has 1 amide bonds. The van der Waals surface area contributed by atoms with Crippen molar-refractivity contribution >= 4 is 33.7 Å². The molecule has 0 spiro atoms. The van der Waals surface area contributed by atoms with E-state index in [1.165, 1.54) is 0 Å². The predicted molar refractivity (Wildman–Crippen MR) is 91.4 cm³/mol. The Labute approximate surface area is 137 Å². The molecule has 0 saturated carbocycles. The zero-order chi connectivity index (χ0) is 15.8. The average molecular weight is 362 g/mol. The Hall–Kier alpha value is -2.34. The second-order valence-electron chi connectivity index (χ2n) is 4.40. The van der Waals surface area contributed by atoms with E-state index in [2.05, 4.69) is 31.8 Å². The van der Waals surface area contributed by atoms with Crippen LogP contribution >= 0.6 is 15.9 Å². The van der Waals surface area contributed by atoms with Crippen molar-refractivity contribution in [1.82, 2.24) is 5.43 Å². The summed E-state index contributed by atoms with van der Waals surface area (Å²) in [5, 5.41) is 6.92. The van der Waals surface area contributed by atoms with Crippen LogP contribution in [0.3, 0.4) is 0 Å². The summed E-state index contributed by atoms with van der Waals surface area (Å²) in [4.78, 5) is 11.7. The molecule has 0 aliphatic heterocycles. The molecule has 0 radical (unpaired) electrons. The van der Waals surface area contributed by atoms with Gasteiger partial charge < -0.3 is 10.1 Å². The fourth-order valence-corrected chi connectivity index (χ4v) is 2.19. The van der Waals surface area contributed by atoms with Crippen LogP contribution in [-0.4, -0.2) is 25.8 Å². The number of anilines is 1. The predicted octanol–water partition coefficient (Wildman–Crippen LogP) is 3.02. The number of methoxy groups -OCH3 is 1. The smallest absolute Gasteiger partial charge is 0.259 e. The van der Waals surface area contributed by atoms with E-state index < -0.39 is 0 Å². The first-order valence-corrected chi connectivity index (χ1v) is 7.42. The van der Waals surface area contributed by atoms with Gasteiger partial charge in [0.25, 0.3) is 5.91 Å². The first-order valence-electron chi connectivity index (χ1n) is 6.63. The Balaban J connectivity index is 1.83. The third kappa shape index (κ3) is 4.89. The molecule has 0 fully saturated rings. The number of nitrogens with one attached hydrogen (secondary N) is 2. The van der Waals surface area contributed by atoms with Gasteiger partial charge in [-0.2, -0.15) is 5.10 Å². The van der Waals surface area contributed by atoms with Gasteiger partial charge in [0, 0.05) is 4.47 Å². The van der Waals surface area contributed by atoms with Gasteiger partial charge >= 0.3 is 0 Å². The highest BCUT2D eigenvalue weighted by Crippen LogP contribution is 2.22. The highest BCUT2D eigenvalue weighted by Gasteiger charge is 2.03. The molecule has 5 nitrogen and oxygen atoms in total. The summed E-state index contributed by atoms with van der Waals surface area (Å²) in [7, 11) is 1.59. The number of para-hydroxylation sites is 2. The van der Waals surface area contributed by atoms with Crippen LogP contribution in [0.15, 0.2) is 58.1 Å². The van der Waals surface area contributed by atoms with Crippen LogP contribution in [0.25, 0.3) is 0 Å². The SMILES string of the molecule is COc1ccccc1NCC(=O)N/N=C\c1cccc(Br)c1. The third-order valence-electron chi connectivity index (χ3n) is 2.80. The van der Waals surface area contributed by atoms with Gasteiger partial charge in [-0.25, -0.2) is 5.43 Å². The molecule has 22 heavy (non-hydrogen) atoms. The average Bonchev–Trinajstić information content (AvgIpc) is 2.53. The van der Waals surface area contributed by atoms with E-state index in [0.717, 1.165) is 15.7 Å². The van der Waals surface area contributed by atoms with Crippen molar-refractivity contribution in [3.05, 3.63) is 58.6 Å². The van der Waals surface area contributed by atoms with E-state index in [9.17, 15) is 4.79 Å². The molecule has 0 bridgehead atoms. The van der Waals surface area contributed by atoms with Crippen LogP contribution in [0.5, 0.6) is 5.75 Å². The Morgan fingerprint density at radius 2 is 2.09 bits per heavy atom. The van der Waals surface area contributed by atoms with Gasteiger partial charge in [0.15, 0.2) is 0 Å². The van der Waals surface area contributed by atoms with Crippen molar-refractivity contribution in [1.29, 1.82) is 0 Å². The molecule has 0 aliphatic rings. The summed E-state index contributed by atoms with van der Waals surface area (Å²) < 4.78 is 6.16. The highest BCUT2D eigenvalue weighted by atomic mass is 79.9. The van der Waals surface area contributed by atoms with Gasteiger partial charge in [0.1, 0.15) is 5.75 Å². The van der Waals surface area contributed by atoms with Crippen molar-refractivity contribution in [2.45, 2.75) is 0 Å². The van der Waals surface area contributed by atoms with E-state index in [0.29, 0.717) is 5.75 Å². The molecule has 2 aromatic carbocycles. The zero-order valence-electron chi connectivity index (χ0n) is 12.0. The number of benzene rings is 2. The lowest BCUT2D eigenvalue weighted by Crippen LogP contribution is -2.26. The summed E-state index contributed by atoms with van der Waals surface area (Å²) in [6, 6.07) is 15.0. The van der Waals surface area contributed by atoms with E-state index >= 15 is 0 Å². The Morgan fingerprint density at radius 1 is 1.27 bits per heavy atom. The van der Waals surface area contributed by atoms with E-state index in [4.69, 9.17) is 4.74 Å². The van der Waals surface area contributed by atoms with Crippen LogP contribution in [-0.2, 0) is 4.79 Å². The Kier molecular flexibility index (Phi) is 5.97. The highest BCUT2D eigenvalue weighted by molar-refractivity contribution is 9.10. The van der Waals surface area contributed by atoms with Crippen LogP contribution in [0.4, 0.5) is 5.69 Å². The molecule has 6 heteroatoms. The molecule has 114 valence electrons. The van der Waals surface area contributed by atoms with E-state index in [-0.39, 0.29) is 12.5 Å². The summed E-state index contributed by atoms with van der Waals surface area (Å²) in [5.41, 5.74) is 4.13. The summed E-state index contributed by atoms with van der Waals surface area (Å²) >= 11 is 3.38. The van der Waals surface area contributed by atoms with Crippen molar-refractivity contribution in [3.63, 3.8) is 0 Å². The van der Waals surface area contributed by atoms with Crippen LogP contribution < -0.4 is 15.5 Å². The molecule has 0 heterocycles. The molecule has 2 aromatic rings. The lowest BCUT2D eigenvalue weighted by molar-refractivity contribution is -0.119. The topological polar surface area (TPSA) is 62.7 Å². The van der Waals surface area contributed by atoms with E-state index in [1.807, 2.05) is 48.5 Å². The summed E-state index contributed by atoms with van der Waals surface area (Å²) in [6.45, 7) is 0.107. The first kappa shape index (κ1) is 16.0. The van der Waals surface area contributed by atoms with Crippen molar-refractivity contribution in [3.8, 4) is 5.75 Å². The van der Waals surface area contributed by atoms with Gasteiger partial charge in [-0.3, -0.25) is 4.79 Å². The lowest BCUT2D eigenvalue weighted by Gasteiger charge is -2.09. The summed E-state index contributed by atoms with van der Waals surface area (Å²) in [5.74, 6) is 0.449. The molecule has 0 unspecified atom stereocenters. The maximum Gasteiger partial charge on any atom is 0.259 e. The molecule has 0 atom stereocenters. The number of hydrazone groups is 1. The molecular formula is C16H16BrN3O2. The van der Waals surface area contributed by atoms with Crippen molar-refractivity contribution < 1.29 is 9.53 Å². The molecular weight excluding hydrogens is 346 g/mol. The summed E-state index contributed by atoms with van der Waals surface area (Å²) in [6.07, 6.45) is 1.59. The second-order valence-corrected chi connectivity index (χ2v) is 5.32. The quantitative estimate of drug-likeness (QED) is 0.613. The number of carbonyl (C=O) groups excluding carboxylic acids is 1.